The van der Waals surface area contributed by atoms with Crippen molar-refractivity contribution in [1.29, 1.82) is 0 Å². The summed E-state index contributed by atoms with van der Waals surface area (Å²) in [6.45, 7) is 6.23. The predicted molar refractivity (Wildman–Crippen MR) is 112 cm³/mol. The molecule has 1 saturated carbocycles. The summed E-state index contributed by atoms with van der Waals surface area (Å²) in [5, 5.41) is 11.9. The quantitative estimate of drug-likeness (QED) is 0.739. The van der Waals surface area contributed by atoms with E-state index in [2.05, 4.69) is 29.4 Å². The molecule has 2 aromatic heterocycles. The Balaban J connectivity index is 1.68. The number of aryl methyl sites for hydroxylation is 1. The lowest BCUT2D eigenvalue weighted by atomic mass is 9.98. The average Bonchev–Trinajstić information content (AvgIpc) is 3.18. The van der Waals surface area contributed by atoms with Crippen molar-refractivity contribution in [2.24, 2.45) is 0 Å². The van der Waals surface area contributed by atoms with Gasteiger partial charge in [-0.2, -0.15) is 0 Å². The highest BCUT2D eigenvalue weighted by Gasteiger charge is 2.22. The monoisotopic (exact) mass is 390 g/mol. The van der Waals surface area contributed by atoms with Crippen LogP contribution in [0.3, 0.4) is 0 Å². The summed E-state index contributed by atoms with van der Waals surface area (Å²) in [5.74, 6) is 1.29. The van der Waals surface area contributed by atoms with Crippen LogP contribution in [0.2, 0.25) is 0 Å². The summed E-state index contributed by atoms with van der Waals surface area (Å²) in [6, 6.07) is 0.299. The number of carbonyl (C=O) groups excluding carboxylic acids is 1. The van der Waals surface area contributed by atoms with Crippen molar-refractivity contribution < 1.29 is 4.79 Å². The highest BCUT2D eigenvalue weighted by molar-refractivity contribution is 7.19. The molecule has 6 heteroatoms. The average molecular weight is 391 g/mol. The van der Waals surface area contributed by atoms with Gasteiger partial charge >= 0.3 is 0 Å². The first kappa shape index (κ1) is 20.3. The minimum absolute atomic E-state index is 0.0646. The minimum Gasteiger partial charge on any atom is -0.349 e. The van der Waals surface area contributed by atoms with Gasteiger partial charge in [0.2, 0.25) is 4.96 Å². The molecule has 0 aliphatic heterocycles. The number of amides is 1. The number of fused-ring (bicyclic) bond motifs is 1. The van der Waals surface area contributed by atoms with Crippen LogP contribution in [-0.2, 0) is 0 Å². The predicted octanol–water partition coefficient (Wildman–Crippen LogP) is 5.63. The standard InChI is InChI=1S/C21H34N4OS/c1-15(2)19-23-24-21-25(19)16(3)18(27-21)20(26)22-17-13-11-9-7-5-4-6-8-10-12-14-17/h15,17H,4-14H2,1-3H3,(H,22,26). The largest absolute Gasteiger partial charge is 0.349 e. The first-order valence-electron chi connectivity index (χ1n) is 10.7. The molecular weight excluding hydrogens is 356 g/mol. The number of aromatic nitrogens is 3. The van der Waals surface area contributed by atoms with Crippen molar-refractivity contribution in [2.45, 2.75) is 103 Å². The van der Waals surface area contributed by atoms with Crippen LogP contribution in [0.15, 0.2) is 0 Å². The molecule has 0 bridgehead atoms. The summed E-state index contributed by atoms with van der Waals surface area (Å²) < 4.78 is 2.05. The summed E-state index contributed by atoms with van der Waals surface area (Å²) in [5.41, 5.74) is 0.967. The Morgan fingerprint density at radius 2 is 1.56 bits per heavy atom. The van der Waals surface area contributed by atoms with Gasteiger partial charge in [-0.3, -0.25) is 9.20 Å². The first-order valence-corrected chi connectivity index (χ1v) is 11.5. The third-order valence-electron chi connectivity index (χ3n) is 5.68. The van der Waals surface area contributed by atoms with Crippen molar-refractivity contribution in [2.75, 3.05) is 0 Å². The highest BCUT2D eigenvalue weighted by atomic mass is 32.1. The van der Waals surface area contributed by atoms with Crippen LogP contribution >= 0.6 is 11.3 Å². The maximum absolute atomic E-state index is 13.0. The van der Waals surface area contributed by atoms with E-state index in [9.17, 15) is 4.79 Å². The Bertz CT molecular complexity index is 737. The number of nitrogens with zero attached hydrogens (tertiary/aromatic N) is 3. The summed E-state index contributed by atoms with van der Waals surface area (Å²) in [6.07, 6.45) is 14.1. The Morgan fingerprint density at radius 3 is 2.11 bits per heavy atom. The number of carbonyl (C=O) groups is 1. The molecule has 2 aromatic rings. The second-order valence-electron chi connectivity index (χ2n) is 8.28. The summed E-state index contributed by atoms with van der Waals surface area (Å²) in [7, 11) is 0. The van der Waals surface area contributed by atoms with Crippen LogP contribution in [0.1, 0.15) is 112 Å². The first-order chi connectivity index (χ1) is 13.1. The number of thiazole rings is 1. The molecule has 27 heavy (non-hydrogen) atoms. The lowest BCUT2D eigenvalue weighted by Crippen LogP contribution is -2.35. The van der Waals surface area contributed by atoms with E-state index in [4.69, 9.17) is 0 Å². The van der Waals surface area contributed by atoms with E-state index in [0.717, 1.165) is 34.2 Å². The number of rotatable bonds is 3. The molecule has 0 spiro atoms. The van der Waals surface area contributed by atoms with Gasteiger partial charge in [0, 0.05) is 17.7 Å². The molecule has 1 amide bonds. The van der Waals surface area contributed by atoms with Crippen LogP contribution in [0, 0.1) is 6.92 Å². The SMILES string of the molecule is Cc1c(C(=O)NC2CCCCCCCCCCC2)sc2nnc(C(C)C)n12. The second kappa shape index (κ2) is 9.67. The molecule has 0 aromatic carbocycles. The van der Waals surface area contributed by atoms with Crippen molar-refractivity contribution in [1.82, 2.24) is 19.9 Å². The Kier molecular flexibility index (Phi) is 7.27. The highest BCUT2D eigenvalue weighted by Crippen LogP contribution is 2.26. The van der Waals surface area contributed by atoms with Gasteiger partial charge in [0.15, 0.2) is 0 Å². The van der Waals surface area contributed by atoms with Crippen LogP contribution in [0.4, 0.5) is 0 Å². The molecule has 0 unspecified atom stereocenters. The third kappa shape index (κ3) is 5.09. The molecule has 0 saturated heterocycles. The van der Waals surface area contributed by atoms with Crippen molar-refractivity contribution in [3.05, 3.63) is 16.4 Å². The molecule has 3 rings (SSSR count). The van der Waals surface area contributed by atoms with Gasteiger partial charge in [-0.15, -0.1) is 10.2 Å². The van der Waals surface area contributed by atoms with Crippen LogP contribution in [-0.4, -0.2) is 26.5 Å². The van der Waals surface area contributed by atoms with Gasteiger partial charge < -0.3 is 5.32 Å². The fourth-order valence-corrected chi connectivity index (χ4v) is 5.05. The molecule has 1 aliphatic carbocycles. The molecular formula is C21H34N4OS. The smallest absolute Gasteiger partial charge is 0.263 e. The van der Waals surface area contributed by atoms with E-state index in [-0.39, 0.29) is 11.8 Å². The molecule has 1 fully saturated rings. The Morgan fingerprint density at radius 1 is 1.00 bits per heavy atom. The fourth-order valence-electron chi connectivity index (χ4n) is 4.07. The van der Waals surface area contributed by atoms with Gasteiger partial charge in [-0.25, -0.2) is 0 Å². The summed E-state index contributed by atoms with van der Waals surface area (Å²) >= 11 is 1.46. The topological polar surface area (TPSA) is 59.3 Å². The van der Waals surface area contributed by atoms with Gasteiger partial charge in [0.1, 0.15) is 10.7 Å². The number of hydrogen-bond acceptors (Lipinski definition) is 4. The maximum atomic E-state index is 13.0. The fraction of sp³-hybridized carbons (Fsp3) is 0.762. The number of nitrogens with one attached hydrogen (secondary N) is 1. The Hall–Kier alpha value is -1.43. The van der Waals surface area contributed by atoms with Gasteiger partial charge in [-0.05, 0) is 19.8 Å². The van der Waals surface area contributed by atoms with Gasteiger partial charge in [0.25, 0.3) is 5.91 Å². The number of hydrogen-bond donors (Lipinski definition) is 1. The Labute approximate surface area is 167 Å². The van der Waals surface area contributed by atoms with Crippen LogP contribution < -0.4 is 5.32 Å². The van der Waals surface area contributed by atoms with E-state index in [1.165, 1.54) is 69.1 Å². The maximum Gasteiger partial charge on any atom is 0.263 e. The minimum atomic E-state index is 0.0646. The zero-order chi connectivity index (χ0) is 19.2. The molecule has 2 heterocycles. The van der Waals surface area contributed by atoms with Crippen LogP contribution in [0.25, 0.3) is 4.96 Å². The van der Waals surface area contributed by atoms with E-state index in [1.54, 1.807) is 0 Å². The molecule has 0 radical (unpaired) electrons. The zero-order valence-electron chi connectivity index (χ0n) is 17.1. The molecule has 5 nitrogen and oxygen atoms in total. The van der Waals surface area contributed by atoms with Gasteiger partial charge in [-0.1, -0.05) is 83.0 Å². The van der Waals surface area contributed by atoms with Gasteiger partial charge in [0.05, 0.1) is 0 Å². The van der Waals surface area contributed by atoms with Crippen molar-refractivity contribution in [3.8, 4) is 0 Å². The van der Waals surface area contributed by atoms with Crippen molar-refractivity contribution in [3.63, 3.8) is 0 Å². The normalized spacial score (nSPS) is 18.4. The van der Waals surface area contributed by atoms with E-state index < -0.39 is 0 Å². The molecule has 1 N–H and O–H groups in total. The van der Waals surface area contributed by atoms with E-state index in [1.807, 2.05) is 11.3 Å². The van der Waals surface area contributed by atoms with E-state index in [0.29, 0.717) is 6.04 Å². The second-order valence-corrected chi connectivity index (χ2v) is 9.25. The molecule has 1 aliphatic rings. The lowest BCUT2D eigenvalue weighted by molar-refractivity contribution is 0.0934. The zero-order valence-corrected chi connectivity index (χ0v) is 17.9. The van der Waals surface area contributed by atoms with Crippen molar-refractivity contribution >= 4 is 22.2 Å². The van der Waals surface area contributed by atoms with Crippen LogP contribution in [0.5, 0.6) is 0 Å². The lowest BCUT2D eigenvalue weighted by Gasteiger charge is -2.19. The third-order valence-corrected chi connectivity index (χ3v) is 6.81. The molecule has 150 valence electrons. The molecule has 0 atom stereocenters. The summed E-state index contributed by atoms with van der Waals surface area (Å²) in [4.78, 5) is 14.6. The van der Waals surface area contributed by atoms with E-state index >= 15 is 0 Å².